The predicted molar refractivity (Wildman–Crippen MR) is 86.6 cm³/mol. The van der Waals surface area contributed by atoms with Gasteiger partial charge in [0.15, 0.2) is 0 Å². The van der Waals surface area contributed by atoms with Gasteiger partial charge < -0.3 is 10.0 Å². The smallest absolute Gasteiger partial charge is 0.407 e. The molecule has 1 aromatic heterocycles. The largest absolute Gasteiger partial charge is 0.465 e. The molecule has 0 bridgehead atoms. The molecule has 1 aliphatic rings. The minimum Gasteiger partial charge on any atom is -0.465 e. The zero-order valence-corrected chi connectivity index (χ0v) is 15.0. The van der Waals surface area contributed by atoms with Crippen molar-refractivity contribution >= 4 is 27.9 Å². The van der Waals surface area contributed by atoms with Gasteiger partial charge in [0.05, 0.1) is 24.4 Å². The summed E-state index contributed by atoms with van der Waals surface area (Å²) < 4.78 is 13.7. The molecule has 9 heteroatoms. The average molecular weight is 404 g/mol. The molecule has 7 nitrogen and oxygen atoms in total. The van der Waals surface area contributed by atoms with E-state index in [1.54, 1.807) is 0 Å². The SMILES string of the molecule is CON(C)C(=O)C1(Cc2ncc(F)cc2Br)CCN(C(=O)O)CC1. The van der Waals surface area contributed by atoms with Crippen molar-refractivity contribution in [1.82, 2.24) is 14.9 Å². The first kappa shape index (κ1) is 18.6. The highest BCUT2D eigenvalue weighted by Gasteiger charge is 2.44. The first-order valence-electron chi connectivity index (χ1n) is 7.39. The van der Waals surface area contributed by atoms with Gasteiger partial charge in [-0.2, -0.15) is 0 Å². The fraction of sp³-hybridized carbons (Fsp3) is 0.533. The molecular weight excluding hydrogens is 385 g/mol. The molecule has 0 spiro atoms. The molecule has 1 saturated heterocycles. The molecule has 2 amide bonds. The van der Waals surface area contributed by atoms with Gasteiger partial charge in [-0.15, -0.1) is 0 Å². The molecule has 2 heterocycles. The van der Waals surface area contributed by atoms with E-state index in [1.165, 1.54) is 25.1 Å². The summed E-state index contributed by atoms with van der Waals surface area (Å²) in [4.78, 5) is 34.3. The molecule has 0 aliphatic carbocycles. The van der Waals surface area contributed by atoms with Crippen LogP contribution in [0.15, 0.2) is 16.7 Å². The summed E-state index contributed by atoms with van der Waals surface area (Å²) in [6.45, 7) is 0.495. The summed E-state index contributed by atoms with van der Waals surface area (Å²) in [5.74, 6) is -0.714. The predicted octanol–water partition coefficient (Wildman–Crippen LogP) is 2.31. The molecule has 24 heavy (non-hydrogen) atoms. The van der Waals surface area contributed by atoms with Crippen molar-refractivity contribution in [2.45, 2.75) is 19.3 Å². The van der Waals surface area contributed by atoms with E-state index in [1.807, 2.05) is 0 Å². The molecule has 2 rings (SSSR count). The first-order chi connectivity index (χ1) is 11.3. The fourth-order valence-corrected chi connectivity index (χ4v) is 3.36. The van der Waals surface area contributed by atoms with E-state index in [0.29, 0.717) is 23.0 Å². The third-order valence-corrected chi connectivity index (χ3v) is 5.08. The van der Waals surface area contributed by atoms with Gasteiger partial charge in [-0.05, 0) is 34.8 Å². The van der Waals surface area contributed by atoms with Gasteiger partial charge in [0, 0.05) is 31.0 Å². The van der Waals surface area contributed by atoms with Gasteiger partial charge in [0.25, 0.3) is 5.91 Å². The van der Waals surface area contributed by atoms with E-state index < -0.39 is 17.3 Å². The Morgan fingerprint density at radius 3 is 2.62 bits per heavy atom. The Kier molecular flexibility index (Phi) is 5.76. The number of hydroxylamine groups is 2. The summed E-state index contributed by atoms with van der Waals surface area (Å²) in [5.41, 5.74) is -0.289. The second-order valence-electron chi connectivity index (χ2n) is 5.79. The Hall–Kier alpha value is -1.74. The molecule has 0 aromatic carbocycles. The topological polar surface area (TPSA) is 83.0 Å². The maximum absolute atomic E-state index is 13.2. The van der Waals surface area contributed by atoms with Crippen LogP contribution in [0.1, 0.15) is 18.5 Å². The average Bonchev–Trinajstić information content (AvgIpc) is 2.56. The van der Waals surface area contributed by atoms with Gasteiger partial charge in [-0.3, -0.25) is 14.6 Å². The van der Waals surface area contributed by atoms with E-state index in [9.17, 15) is 14.0 Å². The molecule has 0 saturated carbocycles. The standard InChI is InChI=1S/C15H19BrFN3O4/c1-19(24-2)13(21)15(3-5-20(6-4-15)14(22)23)8-12-11(16)7-10(17)9-18-12/h7,9H,3-6,8H2,1-2H3,(H,22,23). The number of amides is 2. The van der Waals surface area contributed by atoms with Crippen molar-refractivity contribution in [2.75, 3.05) is 27.2 Å². The highest BCUT2D eigenvalue weighted by molar-refractivity contribution is 9.10. The van der Waals surface area contributed by atoms with Crippen LogP contribution in [0.4, 0.5) is 9.18 Å². The monoisotopic (exact) mass is 403 g/mol. The van der Waals surface area contributed by atoms with E-state index in [0.717, 1.165) is 11.3 Å². The molecule has 1 aliphatic heterocycles. The van der Waals surface area contributed by atoms with Gasteiger partial charge >= 0.3 is 6.09 Å². The van der Waals surface area contributed by atoms with Crippen LogP contribution in [0.25, 0.3) is 0 Å². The zero-order valence-electron chi connectivity index (χ0n) is 13.5. The number of pyridine rings is 1. The van der Waals surface area contributed by atoms with Gasteiger partial charge in [0.2, 0.25) is 0 Å². The van der Waals surface area contributed by atoms with Gasteiger partial charge in [0.1, 0.15) is 5.82 Å². The van der Waals surface area contributed by atoms with Crippen molar-refractivity contribution < 1.29 is 23.9 Å². The number of carbonyl (C=O) groups is 2. The third kappa shape index (κ3) is 3.84. The highest BCUT2D eigenvalue weighted by atomic mass is 79.9. The van der Waals surface area contributed by atoms with Crippen molar-refractivity contribution in [3.8, 4) is 0 Å². The van der Waals surface area contributed by atoms with Crippen molar-refractivity contribution in [2.24, 2.45) is 5.41 Å². The number of nitrogens with zero attached hydrogens (tertiary/aromatic N) is 3. The third-order valence-electron chi connectivity index (χ3n) is 4.39. The minimum atomic E-state index is -1.00. The lowest BCUT2D eigenvalue weighted by atomic mass is 9.73. The molecule has 132 valence electrons. The minimum absolute atomic E-state index is 0.243. The number of piperidine rings is 1. The van der Waals surface area contributed by atoms with Crippen LogP contribution in [0.2, 0.25) is 0 Å². The molecule has 0 unspecified atom stereocenters. The number of carboxylic acid groups (broad SMARTS) is 1. The zero-order chi connectivity index (χ0) is 17.9. The number of halogens is 2. The number of hydrogen-bond acceptors (Lipinski definition) is 4. The Bertz CT molecular complexity index is 635. The molecule has 0 atom stereocenters. The lowest BCUT2D eigenvalue weighted by Crippen LogP contribution is -2.51. The summed E-state index contributed by atoms with van der Waals surface area (Å²) >= 11 is 3.27. The Labute approximate surface area is 147 Å². The summed E-state index contributed by atoms with van der Waals surface area (Å²) in [7, 11) is 2.91. The maximum Gasteiger partial charge on any atom is 0.407 e. The van der Waals surface area contributed by atoms with Crippen LogP contribution in [-0.2, 0) is 16.1 Å². The number of hydrogen-bond donors (Lipinski definition) is 1. The van der Waals surface area contributed by atoms with E-state index in [4.69, 9.17) is 9.94 Å². The van der Waals surface area contributed by atoms with Crippen LogP contribution >= 0.6 is 15.9 Å². The Balaban J connectivity index is 2.30. The number of likely N-dealkylation sites (tertiary alicyclic amines) is 1. The molecule has 1 aromatic rings. The Morgan fingerprint density at radius 2 is 2.12 bits per heavy atom. The van der Waals surface area contributed by atoms with Crippen LogP contribution in [-0.4, -0.2) is 59.3 Å². The second-order valence-corrected chi connectivity index (χ2v) is 6.65. The van der Waals surface area contributed by atoms with Crippen LogP contribution in [0.3, 0.4) is 0 Å². The quantitative estimate of drug-likeness (QED) is 0.779. The van der Waals surface area contributed by atoms with Crippen LogP contribution in [0.5, 0.6) is 0 Å². The van der Waals surface area contributed by atoms with Crippen molar-refractivity contribution in [3.63, 3.8) is 0 Å². The van der Waals surface area contributed by atoms with E-state index in [2.05, 4.69) is 20.9 Å². The maximum atomic E-state index is 13.2. The molecule has 1 fully saturated rings. The number of rotatable bonds is 4. The highest BCUT2D eigenvalue weighted by Crippen LogP contribution is 2.38. The molecule has 1 N–H and O–H groups in total. The summed E-state index contributed by atoms with van der Waals surface area (Å²) in [6, 6.07) is 1.30. The fourth-order valence-electron chi connectivity index (χ4n) is 2.90. The number of carbonyl (C=O) groups excluding carboxylic acids is 1. The number of aromatic nitrogens is 1. The van der Waals surface area contributed by atoms with Gasteiger partial charge in [-0.25, -0.2) is 14.2 Å². The van der Waals surface area contributed by atoms with Crippen LogP contribution < -0.4 is 0 Å². The van der Waals surface area contributed by atoms with Crippen molar-refractivity contribution in [3.05, 3.63) is 28.2 Å². The van der Waals surface area contributed by atoms with Crippen molar-refractivity contribution in [1.29, 1.82) is 0 Å². The summed E-state index contributed by atoms with van der Waals surface area (Å²) in [5, 5.41) is 10.3. The lowest BCUT2D eigenvalue weighted by Gasteiger charge is -2.41. The Morgan fingerprint density at radius 1 is 1.50 bits per heavy atom. The lowest BCUT2D eigenvalue weighted by molar-refractivity contribution is -0.183. The summed E-state index contributed by atoms with van der Waals surface area (Å²) in [6.07, 6.45) is 1.06. The normalized spacial score (nSPS) is 16.8. The first-order valence-corrected chi connectivity index (χ1v) is 8.18. The van der Waals surface area contributed by atoms with Gasteiger partial charge in [-0.1, -0.05) is 0 Å². The second kappa shape index (κ2) is 7.43. The molecule has 0 radical (unpaired) electrons. The molecular formula is C15H19BrFN3O4. The van der Waals surface area contributed by atoms with E-state index in [-0.39, 0.29) is 25.4 Å². The van der Waals surface area contributed by atoms with Crippen LogP contribution in [0, 0.1) is 11.2 Å². The van der Waals surface area contributed by atoms with E-state index >= 15 is 0 Å².